The van der Waals surface area contributed by atoms with E-state index < -0.39 is 17.5 Å². The average molecular weight is 276 g/mol. The van der Waals surface area contributed by atoms with E-state index in [-0.39, 0.29) is 12.0 Å². The van der Waals surface area contributed by atoms with Crippen molar-refractivity contribution in [2.24, 2.45) is 5.92 Å². The highest BCUT2D eigenvalue weighted by molar-refractivity contribution is 5.86. The second-order valence-electron chi connectivity index (χ2n) is 5.51. The summed E-state index contributed by atoms with van der Waals surface area (Å²) in [6.45, 7) is 3.43. The molecule has 5 nitrogen and oxygen atoms in total. The Morgan fingerprint density at radius 2 is 1.90 bits per heavy atom. The lowest BCUT2D eigenvalue weighted by molar-refractivity contribution is -0.144. The monoisotopic (exact) mass is 276 g/mol. The summed E-state index contributed by atoms with van der Waals surface area (Å²) < 4.78 is 0. The van der Waals surface area contributed by atoms with Crippen molar-refractivity contribution in [2.75, 3.05) is 0 Å². The number of hydrogen-bond donors (Lipinski definition) is 3. The summed E-state index contributed by atoms with van der Waals surface area (Å²) in [5.41, 5.74) is -0.202. The Kier molecular flexibility index (Phi) is 3.97. The zero-order valence-corrected chi connectivity index (χ0v) is 11.7. The average Bonchev–Trinajstić information content (AvgIpc) is 3.23. The first-order chi connectivity index (χ1) is 9.43. The van der Waals surface area contributed by atoms with Crippen molar-refractivity contribution in [3.05, 3.63) is 35.9 Å². The van der Waals surface area contributed by atoms with Crippen LogP contribution in [0.2, 0.25) is 0 Å². The molecule has 1 aliphatic carbocycles. The van der Waals surface area contributed by atoms with Gasteiger partial charge in [0.05, 0.1) is 6.04 Å². The van der Waals surface area contributed by atoms with Crippen molar-refractivity contribution in [2.45, 2.75) is 38.3 Å². The minimum Gasteiger partial charge on any atom is -0.480 e. The van der Waals surface area contributed by atoms with Gasteiger partial charge in [0.25, 0.3) is 0 Å². The van der Waals surface area contributed by atoms with Crippen LogP contribution in [0.5, 0.6) is 0 Å². The summed E-state index contributed by atoms with van der Waals surface area (Å²) >= 11 is 0. The van der Waals surface area contributed by atoms with Gasteiger partial charge in [0.1, 0.15) is 5.54 Å². The summed E-state index contributed by atoms with van der Waals surface area (Å²) in [5, 5.41) is 14.7. The second-order valence-corrected chi connectivity index (χ2v) is 5.51. The number of nitrogens with one attached hydrogen (secondary N) is 2. The maximum atomic E-state index is 12.0. The second kappa shape index (κ2) is 5.53. The highest BCUT2D eigenvalue weighted by atomic mass is 16.4. The van der Waals surface area contributed by atoms with E-state index >= 15 is 0 Å². The Bertz CT molecular complexity index is 499. The van der Waals surface area contributed by atoms with Gasteiger partial charge in [0.15, 0.2) is 0 Å². The number of carboxylic acids is 1. The molecule has 0 heterocycles. The predicted molar refractivity (Wildman–Crippen MR) is 75.3 cm³/mol. The van der Waals surface area contributed by atoms with Crippen LogP contribution in [0.4, 0.5) is 4.79 Å². The molecule has 2 unspecified atom stereocenters. The van der Waals surface area contributed by atoms with Crippen LogP contribution < -0.4 is 10.6 Å². The number of carbonyl (C=O) groups is 2. The molecule has 20 heavy (non-hydrogen) atoms. The lowest BCUT2D eigenvalue weighted by Crippen LogP contribution is -2.56. The third-order valence-electron chi connectivity index (χ3n) is 3.86. The van der Waals surface area contributed by atoms with Crippen LogP contribution in [0.15, 0.2) is 30.3 Å². The molecule has 1 aromatic carbocycles. The summed E-state index contributed by atoms with van der Waals surface area (Å²) in [7, 11) is 0. The van der Waals surface area contributed by atoms with E-state index in [2.05, 4.69) is 10.6 Å². The molecule has 5 heteroatoms. The van der Waals surface area contributed by atoms with E-state index in [9.17, 15) is 14.7 Å². The van der Waals surface area contributed by atoms with Gasteiger partial charge < -0.3 is 15.7 Å². The first-order valence-corrected chi connectivity index (χ1v) is 6.80. The minimum atomic E-state index is -1.18. The van der Waals surface area contributed by atoms with Gasteiger partial charge in [-0.2, -0.15) is 0 Å². The van der Waals surface area contributed by atoms with Crippen LogP contribution in [0.3, 0.4) is 0 Å². The molecule has 0 spiro atoms. The van der Waals surface area contributed by atoms with E-state index in [1.165, 1.54) is 0 Å². The lowest BCUT2D eigenvalue weighted by Gasteiger charge is -2.27. The van der Waals surface area contributed by atoms with Gasteiger partial charge in [-0.25, -0.2) is 9.59 Å². The maximum absolute atomic E-state index is 12.0. The van der Waals surface area contributed by atoms with Crippen LogP contribution in [-0.2, 0) is 4.79 Å². The Morgan fingerprint density at radius 3 is 2.40 bits per heavy atom. The normalized spacial score (nSPS) is 18.7. The third kappa shape index (κ3) is 3.10. The molecule has 2 rings (SSSR count). The maximum Gasteiger partial charge on any atom is 0.329 e. The predicted octanol–water partition coefficient (Wildman–Crippen LogP) is 2.30. The molecule has 0 saturated heterocycles. The molecular formula is C15H20N2O3. The largest absolute Gasteiger partial charge is 0.480 e. The van der Waals surface area contributed by atoms with Gasteiger partial charge in [0, 0.05) is 0 Å². The van der Waals surface area contributed by atoms with Crippen LogP contribution in [-0.4, -0.2) is 22.6 Å². The van der Waals surface area contributed by atoms with Crippen molar-refractivity contribution < 1.29 is 14.7 Å². The molecule has 0 bridgehead atoms. The molecule has 0 radical (unpaired) electrons. The summed E-state index contributed by atoms with van der Waals surface area (Å²) in [5.74, 6) is -0.958. The zero-order chi connectivity index (χ0) is 14.8. The number of carbonyl (C=O) groups excluding carboxylic acids is 1. The first kappa shape index (κ1) is 14.4. The molecule has 3 N–H and O–H groups in total. The lowest BCUT2D eigenvalue weighted by atomic mass is 9.96. The molecule has 1 aromatic rings. The van der Waals surface area contributed by atoms with Gasteiger partial charge in [-0.05, 0) is 38.2 Å². The molecule has 1 aliphatic rings. The molecule has 0 aliphatic heterocycles. The molecule has 0 aromatic heterocycles. The van der Waals surface area contributed by atoms with Crippen molar-refractivity contribution in [1.82, 2.24) is 10.6 Å². The van der Waals surface area contributed by atoms with Gasteiger partial charge >= 0.3 is 12.0 Å². The number of aliphatic carboxylic acids is 1. The summed E-state index contributed by atoms with van der Waals surface area (Å²) in [4.78, 5) is 23.3. The fourth-order valence-corrected chi connectivity index (χ4v) is 2.28. The quantitative estimate of drug-likeness (QED) is 0.772. The van der Waals surface area contributed by atoms with Crippen molar-refractivity contribution in [3.8, 4) is 0 Å². The topological polar surface area (TPSA) is 78.4 Å². The number of rotatable bonds is 5. The van der Waals surface area contributed by atoms with E-state index in [1.807, 2.05) is 37.3 Å². The molecule has 108 valence electrons. The Hall–Kier alpha value is -2.04. The van der Waals surface area contributed by atoms with E-state index in [0.29, 0.717) is 0 Å². The van der Waals surface area contributed by atoms with Crippen molar-refractivity contribution in [1.29, 1.82) is 0 Å². The number of benzene rings is 1. The molecule has 1 fully saturated rings. The highest BCUT2D eigenvalue weighted by Gasteiger charge is 2.48. The number of hydrogen-bond acceptors (Lipinski definition) is 2. The van der Waals surface area contributed by atoms with Gasteiger partial charge in [-0.3, -0.25) is 0 Å². The minimum absolute atomic E-state index is 0.0257. The van der Waals surface area contributed by atoms with Gasteiger partial charge in [-0.15, -0.1) is 0 Å². The van der Waals surface area contributed by atoms with E-state index in [1.54, 1.807) is 6.92 Å². The molecule has 1 saturated carbocycles. The fraction of sp³-hybridized carbons (Fsp3) is 0.467. The van der Waals surface area contributed by atoms with Crippen molar-refractivity contribution >= 4 is 12.0 Å². The van der Waals surface area contributed by atoms with Crippen molar-refractivity contribution in [3.63, 3.8) is 0 Å². The molecule has 2 amide bonds. The first-order valence-electron chi connectivity index (χ1n) is 6.80. The molecule has 2 atom stereocenters. The van der Waals surface area contributed by atoms with Crippen LogP contribution in [0.1, 0.15) is 38.3 Å². The number of amides is 2. The van der Waals surface area contributed by atoms with Crippen LogP contribution >= 0.6 is 0 Å². The summed E-state index contributed by atoms with van der Waals surface area (Å²) in [6.07, 6.45) is 1.69. The Morgan fingerprint density at radius 1 is 1.30 bits per heavy atom. The SMILES string of the molecule is CC(NC(=O)NC(C)(C(=O)O)C1CC1)c1ccccc1. The standard InChI is InChI=1S/C15H20N2O3/c1-10(11-6-4-3-5-7-11)16-14(20)17-15(2,13(18)19)12-8-9-12/h3-7,10,12H,8-9H2,1-2H3,(H,18,19)(H2,16,17,20). The zero-order valence-electron chi connectivity index (χ0n) is 11.7. The Balaban J connectivity index is 1.97. The fourth-order valence-electron chi connectivity index (χ4n) is 2.28. The van der Waals surface area contributed by atoms with E-state index in [0.717, 1.165) is 18.4 Å². The van der Waals surface area contributed by atoms with Gasteiger partial charge in [0.2, 0.25) is 0 Å². The highest BCUT2D eigenvalue weighted by Crippen LogP contribution is 2.39. The van der Waals surface area contributed by atoms with Crippen LogP contribution in [0.25, 0.3) is 0 Å². The van der Waals surface area contributed by atoms with Crippen LogP contribution in [0, 0.1) is 5.92 Å². The molecular weight excluding hydrogens is 256 g/mol. The van der Waals surface area contributed by atoms with E-state index in [4.69, 9.17) is 0 Å². The van der Waals surface area contributed by atoms with Gasteiger partial charge in [-0.1, -0.05) is 30.3 Å². The summed E-state index contributed by atoms with van der Waals surface area (Å²) in [6, 6.07) is 8.93. The number of carboxylic acid groups (broad SMARTS) is 1. The number of urea groups is 1. The smallest absolute Gasteiger partial charge is 0.329 e. The Labute approximate surface area is 118 Å². The third-order valence-corrected chi connectivity index (χ3v) is 3.86.